The van der Waals surface area contributed by atoms with E-state index in [0.29, 0.717) is 6.04 Å². The second-order valence-corrected chi connectivity index (χ2v) is 5.04. The topological polar surface area (TPSA) is 60.6 Å². The molecule has 2 aromatic heterocycles. The van der Waals surface area contributed by atoms with Crippen LogP contribution in [0.1, 0.15) is 12.5 Å². The summed E-state index contributed by atoms with van der Waals surface area (Å²) >= 11 is 0. The van der Waals surface area contributed by atoms with Crippen molar-refractivity contribution in [3.63, 3.8) is 0 Å². The molecule has 0 aliphatic rings. The van der Waals surface area contributed by atoms with E-state index in [4.69, 9.17) is 0 Å². The van der Waals surface area contributed by atoms with E-state index in [-0.39, 0.29) is 0 Å². The fourth-order valence-electron chi connectivity index (χ4n) is 2.16. The summed E-state index contributed by atoms with van der Waals surface area (Å²) in [6.45, 7) is 3.79. The van der Waals surface area contributed by atoms with Crippen molar-refractivity contribution in [2.75, 3.05) is 0 Å². The van der Waals surface area contributed by atoms with Crippen LogP contribution in [-0.4, -0.2) is 30.4 Å². The fourth-order valence-corrected chi connectivity index (χ4v) is 2.16. The number of aromatic nitrogens is 5. The van der Waals surface area contributed by atoms with E-state index in [1.165, 1.54) is 5.56 Å². The average molecular weight is 282 g/mol. The molecule has 6 heteroatoms. The van der Waals surface area contributed by atoms with Crippen LogP contribution in [0.4, 0.5) is 0 Å². The lowest BCUT2D eigenvalue weighted by molar-refractivity contribution is 0.450. The molecule has 1 N–H and O–H groups in total. The Bertz CT molecular complexity index is 642. The second-order valence-electron chi connectivity index (χ2n) is 5.04. The summed E-state index contributed by atoms with van der Waals surface area (Å²) in [4.78, 5) is 8.00. The Balaban J connectivity index is 1.53. The van der Waals surface area contributed by atoms with Crippen LogP contribution in [-0.2, 0) is 13.1 Å². The van der Waals surface area contributed by atoms with Crippen molar-refractivity contribution in [3.05, 3.63) is 61.2 Å². The molecule has 3 aromatic rings. The summed E-state index contributed by atoms with van der Waals surface area (Å²) in [7, 11) is 0. The molecule has 2 heterocycles. The highest BCUT2D eigenvalue weighted by Gasteiger charge is 2.03. The van der Waals surface area contributed by atoms with E-state index in [1.54, 1.807) is 25.2 Å². The lowest BCUT2D eigenvalue weighted by atomic mass is 10.2. The van der Waals surface area contributed by atoms with Crippen molar-refractivity contribution in [1.29, 1.82) is 0 Å². The third kappa shape index (κ3) is 3.55. The highest BCUT2D eigenvalue weighted by molar-refractivity contribution is 5.34. The smallest absolute Gasteiger partial charge is 0.137 e. The zero-order chi connectivity index (χ0) is 14.5. The van der Waals surface area contributed by atoms with Gasteiger partial charge in [-0.25, -0.2) is 9.97 Å². The first kappa shape index (κ1) is 13.5. The van der Waals surface area contributed by atoms with Gasteiger partial charge in [-0.2, -0.15) is 5.10 Å². The predicted molar refractivity (Wildman–Crippen MR) is 79.9 cm³/mol. The molecule has 0 aliphatic heterocycles. The molecule has 1 atom stereocenters. The first-order chi connectivity index (χ1) is 10.3. The van der Waals surface area contributed by atoms with Crippen LogP contribution < -0.4 is 5.32 Å². The van der Waals surface area contributed by atoms with E-state index in [9.17, 15) is 0 Å². The van der Waals surface area contributed by atoms with Crippen molar-refractivity contribution in [3.8, 4) is 5.69 Å². The standard InChI is InChI=1S/C15H18N6/c1-13(9-21-12-17-10-19-21)18-8-14-2-4-15(5-3-14)20-7-6-16-11-20/h2-7,10-13,18H,8-9H2,1H3. The van der Waals surface area contributed by atoms with Gasteiger partial charge in [0.05, 0.1) is 12.9 Å². The molecule has 0 amide bonds. The quantitative estimate of drug-likeness (QED) is 0.746. The SMILES string of the molecule is CC(Cn1cncn1)NCc1ccc(-n2ccnc2)cc1. The number of benzene rings is 1. The summed E-state index contributed by atoms with van der Waals surface area (Å²) in [5.74, 6) is 0. The molecule has 108 valence electrons. The Hall–Kier alpha value is -2.47. The molecule has 0 spiro atoms. The predicted octanol–water partition coefficient (Wildman–Crippen LogP) is 1.64. The first-order valence-corrected chi connectivity index (χ1v) is 6.94. The molecule has 1 aromatic carbocycles. The summed E-state index contributed by atoms with van der Waals surface area (Å²) in [5, 5.41) is 7.59. The van der Waals surface area contributed by atoms with Crippen molar-refractivity contribution in [2.45, 2.75) is 26.1 Å². The molecule has 0 bridgehead atoms. The lowest BCUT2D eigenvalue weighted by Gasteiger charge is -2.13. The van der Waals surface area contributed by atoms with Crippen molar-refractivity contribution >= 4 is 0 Å². The largest absolute Gasteiger partial charge is 0.308 e. The normalized spacial score (nSPS) is 12.4. The van der Waals surface area contributed by atoms with E-state index >= 15 is 0 Å². The molecule has 1 unspecified atom stereocenters. The fraction of sp³-hybridized carbons (Fsp3) is 0.267. The zero-order valence-corrected chi connectivity index (χ0v) is 11.9. The molecule has 21 heavy (non-hydrogen) atoms. The van der Waals surface area contributed by atoms with Crippen LogP contribution in [0.5, 0.6) is 0 Å². The Labute approximate surface area is 123 Å². The molecule has 0 fully saturated rings. The van der Waals surface area contributed by atoms with Gasteiger partial charge in [-0.3, -0.25) is 4.68 Å². The van der Waals surface area contributed by atoms with E-state index in [0.717, 1.165) is 18.8 Å². The summed E-state index contributed by atoms with van der Waals surface area (Å²) in [6, 6.07) is 8.79. The van der Waals surface area contributed by atoms with Crippen LogP contribution in [0.2, 0.25) is 0 Å². The first-order valence-electron chi connectivity index (χ1n) is 6.94. The third-order valence-corrected chi connectivity index (χ3v) is 3.32. The Morgan fingerprint density at radius 2 is 2.00 bits per heavy atom. The Morgan fingerprint density at radius 1 is 1.14 bits per heavy atom. The van der Waals surface area contributed by atoms with Crippen LogP contribution in [0.3, 0.4) is 0 Å². The van der Waals surface area contributed by atoms with Gasteiger partial charge in [-0.05, 0) is 24.6 Å². The van der Waals surface area contributed by atoms with Crippen molar-refractivity contribution in [1.82, 2.24) is 29.6 Å². The average Bonchev–Trinajstić information content (AvgIpc) is 3.19. The minimum Gasteiger partial charge on any atom is -0.308 e. The molecule has 0 saturated heterocycles. The Morgan fingerprint density at radius 3 is 2.67 bits per heavy atom. The van der Waals surface area contributed by atoms with Crippen molar-refractivity contribution < 1.29 is 0 Å². The maximum atomic E-state index is 4.11. The zero-order valence-electron chi connectivity index (χ0n) is 11.9. The number of rotatable bonds is 6. The molecule has 0 radical (unpaired) electrons. The number of imidazole rings is 1. The summed E-state index contributed by atoms with van der Waals surface area (Å²) < 4.78 is 3.82. The van der Waals surface area contributed by atoms with Gasteiger partial charge in [-0.1, -0.05) is 12.1 Å². The van der Waals surface area contributed by atoms with Crippen LogP contribution >= 0.6 is 0 Å². The minimum absolute atomic E-state index is 0.333. The Kier molecular flexibility index (Phi) is 4.07. The molecule has 3 rings (SSSR count). The molecule has 0 saturated carbocycles. The number of hydrogen-bond donors (Lipinski definition) is 1. The molecular formula is C15H18N6. The van der Waals surface area contributed by atoms with E-state index in [2.05, 4.69) is 51.6 Å². The van der Waals surface area contributed by atoms with Gasteiger partial charge in [-0.15, -0.1) is 0 Å². The maximum absolute atomic E-state index is 4.11. The number of nitrogens with one attached hydrogen (secondary N) is 1. The molecular weight excluding hydrogens is 264 g/mol. The van der Waals surface area contributed by atoms with Gasteiger partial charge in [0.25, 0.3) is 0 Å². The maximum Gasteiger partial charge on any atom is 0.137 e. The van der Waals surface area contributed by atoms with Gasteiger partial charge < -0.3 is 9.88 Å². The van der Waals surface area contributed by atoms with Gasteiger partial charge in [0.1, 0.15) is 12.7 Å². The number of hydrogen-bond acceptors (Lipinski definition) is 4. The van der Waals surface area contributed by atoms with E-state index < -0.39 is 0 Å². The van der Waals surface area contributed by atoms with Gasteiger partial charge >= 0.3 is 0 Å². The lowest BCUT2D eigenvalue weighted by Crippen LogP contribution is -2.30. The van der Waals surface area contributed by atoms with Gasteiger partial charge in [0.15, 0.2) is 0 Å². The van der Waals surface area contributed by atoms with E-state index in [1.807, 2.05) is 15.4 Å². The molecule has 0 aliphatic carbocycles. The summed E-state index contributed by atoms with van der Waals surface area (Å²) in [6.07, 6.45) is 8.81. The second kappa shape index (κ2) is 6.32. The van der Waals surface area contributed by atoms with Crippen LogP contribution in [0.15, 0.2) is 55.6 Å². The van der Waals surface area contributed by atoms with Gasteiger partial charge in [0.2, 0.25) is 0 Å². The molecule has 6 nitrogen and oxygen atoms in total. The van der Waals surface area contributed by atoms with Crippen LogP contribution in [0, 0.1) is 0 Å². The highest BCUT2D eigenvalue weighted by Crippen LogP contribution is 2.09. The van der Waals surface area contributed by atoms with Crippen molar-refractivity contribution in [2.24, 2.45) is 0 Å². The minimum atomic E-state index is 0.333. The summed E-state index contributed by atoms with van der Waals surface area (Å²) in [5.41, 5.74) is 2.37. The highest BCUT2D eigenvalue weighted by atomic mass is 15.3. The third-order valence-electron chi connectivity index (χ3n) is 3.32. The van der Waals surface area contributed by atoms with Gasteiger partial charge in [0, 0.05) is 30.7 Å². The monoisotopic (exact) mass is 282 g/mol. The van der Waals surface area contributed by atoms with Crippen LogP contribution in [0.25, 0.3) is 5.69 Å². The number of nitrogens with zero attached hydrogens (tertiary/aromatic N) is 5.